The van der Waals surface area contributed by atoms with Gasteiger partial charge in [-0.2, -0.15) is 0 Å². The van der Waals surface area contributed by atoms with E-state index in [4.69, 9.17) is 0 Å². The molecule has 0 amide bonds. The Kier molecular flexibility index (Phi) is 5.58. The maximum Gasteiger partial charge on any atom is -0.0162 e. The van der Waals surface area contributed by atoms with Crippen molar-refractivity contribution >= 4 is 5.57 Å². The van der Waals surface area contributed by atoms with Crippen LogP contribution in [-0.2, 0) is 0 Å². The largest absolute Gasteiger partial charge is 0.0985 e. The molecule has 0 atom stereocenters. The lowest BCUT2D eigenvalue weighted by molar-refractivity contribution is 0.396. The van der Waals surface area contributed by atoms with E-state index < -0.39 is 0 Å². The van der Waals surface area contributed by atoms with Gasteiger partial charge in [-0.3, -0.25) is 0 Å². The van der Waals surface area contributed by atoms with Crippen molar-refractivity contribution < 1.29 is 0 Å². The van der Waals surface area contributed by atoms with Gasteiger partial charge in [0.25, 0.3) is 0 Å². The Morgan fingerprint density at radius 2 is 1.11 bits per heavy atom. The Bertz CT molecular complexity index is 922. The zero-order valence-electron chi connectivity index (χ0n) is 16.5. The Hall–Kier alpha value is -2.86. The van der Waals surface area contributed by atoms with Gasteiger partial charge in [0.1, 0.15) is 0 Å². The van der Waals surface area contributed by atoms with E-state index in [-0.39, 0.29) is 0 Å². The number of rotatable bonds is 5. The van der Waals surface area contributed by atoms with E-state index in [1.165, 1.54) is 53.5 Å². The minimum atomic E-state index is 0.686. The molecule has 1 fully saturated rings. The first-order chi connectivity index (χ1) is 13.7. The summed E-state index contributed by atoms with van der Waals surface area (Å²) in [5.41, 5.74) is 7.73. The van der Waals surface area contributed by atoms with Crippen molar-refractivity contribution in [3.8, 4) is 11.1 Å². The molecular formula is C28H28. The van der Waals surface area contributed by atoms with Crippen LogP contribution in [-0.4, -0.2) is 0 Å². The molecule has 0 unspecified atom stereocenters. The predicted octanol–water partition coefficient (Wildman–Crippen LogP) is 7.99. The first-order valence-corrected chi connectivity index (χ1v) is 10.3. The molecule has 0 saturated heterocycles. The Labute approximate surface area is 169 Å². The Balaban J connectivity index is 1.39. The van der Waals surface area contributed by atoms with Gasteiger partial charge >= 0.3 is 0 Å². The minimum absolute atomic E-state index is 0.686. The van der Waals surface area contributed by atoms with Crippen LogP contribution in [0, 0.1) is 0 Å². The third-order valence-corrected chi connectivity index (χ3v) is 6.22. The summed E-state index contributed by atoms with van der Waals surface area (Å²) in [6, 6.07) is 28.8. The highest BCUT2D eigenvalue weighted by Gasteiger charge is 2.23. The number of allylic oxidation sites excluding steroid dienone is 2. The molecule has 1 aliphatic rings. The molecule has 0 aromatic heterocycles. The molecule has 0 radical (unpaired) electrons. The second-order valence-corrected chi connectivity index (χ2v) is 7.89. The molecule has 28 heavy (non-hydrogen) atoms. The van der Waals surface area contributed by atoms with Crippen molar-refractivity contribution in [3.05, 3.63) is 115 Å². The Morgan fingerprint density at radius 3 is 1.61 bits per heavy atom. The van der Waals surface area contributed by atoms with Crippen LogP contribution in [0.4, 0.5) is 0 Å². The van der Waals surface area contributed by atoms with Crippen LogP contribution in [0.25, 0.3) is 16.7 Å². The smallest absolute Gasteiger partial charge is 0.0162 e. The van der Waals surface area contributed by atoms with Gasteiger partial charge in [0, 0.05) is 0 Å². The summed E-state index contributed by atoms with van der Waals surface area (Å²) in [5.74, 6) is 1.38. The average molecular weight is 365 g/mol. The molecule has 1 saturated carbocycles. The van der Waals surface area contributed by atoms with Gasteiger partial charge in [-0.05, 0) is 70.9 Å². The number of hydrogen-bond donors (Lipinski definition) is 0. The quantitative estimate of drug-likeness (QED) is 0.402. The van der Waals surface area contributed by atoms with E-state index in [0.717, 1.165) is 5.57 Å². The molecule has 0 heteroatoms. The highest BCUT2D eigenvalue weighted by Crippen LogP contribution is 2.41. The van der Waals surface area contributed by atoms with Gasteiger partial charge in [-0.15, -0.1) is 0 Å². The zero-order chi connectivity index (χ0) is 19.3. The third-order valence-electron chi connectivity index (χ3n) is 6.22. The average Bonchev–Trinajstić information content (AvgIpc) is 2.79. The van der Waals surface area contributed by atoms with Gasteiger partial charge in [-0.1, -0.05) is 98.1 Å². The Morgan fingerprint density at radius 1 is 0.643 bits per heavy atom. The standard InChI is InChI=1S/C28H28/c1-3-21(2)22-9-11-25(12-10-22)26-17-19-28(20-18-26)27-15-13-24(14-16-27)23-7-5-4-6-8-23/h3-16,26,28H,1-2,17-20H2. The van der Waals surface area contributed by atoms with Crippen molar-refractivity contribution in [3.63, 3.8) is 0 Å². The molecule has 0 aliphatic heterocycles. The van der Waals surface area contributed by atoms with Crippen molar-refractivity contribution in [2.45, 2.75) is 37.5 Å². The molecule has 0 heterocycles. The molecule has 0 spiro atoms. The van der Waals surface area contributed by atoms with E-state index in [1.807, 2.05) is 6.08 Å². The molecular weight excluding hydrogens is 336 g/mol. The summed E-state index contributed by atoms with van der Waals surface area (Å²) in [5, 5.41) is 0. The van der Waals surface area contributed by atoms with Crippen molar-refractivity contribution in [1.29, 1.82) is 0 Å². The van der Waals surface area contributed by atoms with Crippen LogP contribution in [0.15, 0.2) is 98.1 Å². The van der Waals surface area contributed by atoms with E-state index in [9.17, 15) is 0 Å². The molecule has 0 bridgehead atoms. The SMILES string of the molecule is C=CC(=C)c1ccc(C2CCC(c3ccc(-c4ccccc4)cc3)CC2)cc1. The minimum Gasteiger partial charge on any atom is -0.0985 e. The summed E-state index contributed by atoms with van der Waals surface area (Å²) in [4.78, 5) is 0. The fourth-order valence-electron chi connectivity index (χ4n) is 4.43. The normalized spacial score (nSPS) is 19.1. The van der Waals surface area contributed by atoms with Gasteiger partial charge in [0.05, 0.1) is 0 Å². The first-order valence-electron chi connectivity index (χ1n) is 10.3. The van der Waals surface area contributed by atoms with Gasteiger partial charge in [-0.25, -0.2) is 0 Å². The maximum atomic E-state index is 4.04. The van der Waals surface area contributed by atoms with E-state index in [2.05, 4.69) is 92.0 Å². The zero-order valence-corrected chi connectivity index (χ0v) is 16.5. The van der Waals surface area contributed by atoms with Crippen molar-refractivity contribution in [1.82, 2.24) is 0 Å². The van der Waals surface area contributed by atoms with E-state index in [0.29, 0.717) is 11.8 Å². The summed E-state index contributed by atoms with van der Waals surface area (Å²) >= 11 is 0. The summed E-state index contributed by atoms with van der Waals surface area (Å²) in [6.45, 7) is 7.85. The monoisotopic (exact) mass is 364 g/mol. The van der Waals surface area contributed by atoms with Crippen LogP contribution in [0.5, 0.6) is 0 Å². The second-order valence-electron chi connectivity index (χ2n) is 7.89. The third kappa shape index (κ3) is 4.02. The topological polar surface area (TPSA) is 0 Å². The van der Waals surface area contributed by atoms with Crippen LogP contribution in [0.1, 0.15) is 54.2 Å². The summed E-state index contributed by atoms with van der Waals surface area (Å²) in [6.07, 6.45) is 6.91. The van der Waals surface area contributed by atoms with Crippen molar-refractivity contribution in [2.24, 2.45) is 0 Å². The van der Waals surface area contributed by atoms with Crippen LogP contribution < -0.4 is 0 Å². The van der Waals surface area contributed by atoms with E-state index in [1.54, 1.807) is 0 Å². The lowest BCUT2D eigenvalue weighted by atomic mass is 9.76. The lowest BCUT2D eigenvalue weighted by Gasteiger charge is -2.29. The van der Waals surface area contributed by atoms with Crippen LogP contribution >= 0.6 is 0 Å². The van der Waals surface area contributed by atoms with Crippen LogP contribution in [0.3, 0.4) is 0 Å². The summed E-state index contributed by atoms with van der Waals surface area (Å²) in [7, 11) is 0. The predicted molar refractivity (Wildman–Crippen MR) is 122 cm³/mol. The molecule has 0 N–H and O–H groups in total. The van der Waals surface area contributed by atoms with Gasteiger partial charge in [0.15, 0.2) is 0 Å². The molecule has 4 rings (SSSR count). The maximum absolute atomic E-state index is 4.04. The van der Waals surface area contributed by atoms with Gasteiger partial charge in [0.2, 0.25) is 0 Å². The molecule has 3 aromatic carbocycles. The number of hydrogen-bond acceptors (Lipinski definition) is 0. The van der Waals surface area contributed by atoms with E-state index >= 15 is 0 Å². The molecule has 140 valence electrons. The fraction of sp³-hybridized carbons (Fsp3) is 0.214. The second kappa shape index (κ2) is 8.44. The molecule has 0 nitrogen and oxygen atoms in total. The van der Waals surface area contributed by atoms with Gasteiger partial charge < -0.3 is 0 Å². The highest BCUT2D eigenvalue weighted by molar-refractivity contribution is 5.71. The first kappa shape index (κ1) is 18.5. The lowest BCUT2D eigenvalue weighted by Crippen LogP contribution is -2.12. The van der Waals surface area contributed by atoms with Crippen LogP contribution in [0.2, 0.25) is 0 Å². The number of benzene rings is 3. The fourth-order valence-corrected chi connectivity index (χ4v) is 4.43. The van der Waals surface area contributed by atoms with Crippen molar-refractivity contribution in [2.75, 3.05) is 0 Å². The highest BCUT2D eigenvalue weighted by atomic mass is 14.3. The summed E-state index contributed by atoms with van der Waals surface area (Å²) < 4.78 is 0. The molecule has 3 aromatic rings. The molecule has 1 aliphatic carbocycles.